The Balaban J connectivity index is 2.31. The van der Waals surface area contributed by atoms with Crippen LogP contribution in [0.25, 0.3) is 0 Å². The Kier molecular flexibility index (Phi) is 2.72. The molecule has 0 unspecified atom stereocenters. The molecule has 1 aliphatic heterocycles. The van der Waals surface area contributed by atoms with E-state index in [1.54, 1.807) is 0 Å². The molecule has 1 heterocycles. The molecule has 0 aromatic heterocycles. The Hall–Kier alpha value is -1.35. The van der Waals surface area contributed by atoms with Crippen LogP contribution in [0, 0.1) is 0 Å². The summed E-state index contributed by atoms with van der Waals surface area (Å²) in [5.41, 5.74) is 0.502. The highest BCUT2D eigenvalue weighted by Crippen LogP contribution is 2.22. The van der Waals surface area contributed by atoms with Gasteiger partial charge < -0.3 is 4.90 Å². The Morgan fingerprint density at radius 1 is 1.31 bits per heavy atom. The maximum atomic E-state index is 12.3. The molecule has 1 aliphatic rings. The Morgan fingerprint density at radius 3 is 2.56 bits per heavy atom. The second-order valence-electron chi connectivity index (χ2n) is 4.92. The zero-order valence-corrected chi connectivity index (χ0v) is 10.0. The zero-order valence-electron chi connectivity index (χ0n) is 10.0. The molecule has 0 radical (unpaired) electrons. The van der Waals surface area contributed by atoms with Crippen molar-refractivity contribution in [2.24, 2.45) is 0 Å². The number of nitrogens with zero attached hydrogens (tertiary/aromatic N) is 1. The van der Waals surface area contributed by atoms with Crippen LogP contribution in [0.3, 0.4) is 0 Å². The van der Waals surface area contributed by atoms with Crippen molar-refractivity contribution in [2.75, 3.05) is 11.4 Å². The van der Waals surface area contributed by atoms with Gasteiger partial charge in [0, 0.05) is 18.3 Å². The lowest BCUT2D eigenvalue weighted by molar-refractivity contribution is -0.125. The average Bonchev–Trinajstić information content (AvgIpc) is 2.24. The molecule has 86 valence electrons. The predicted octanol–water partition coefficient (Wildman–Crippen LogP) is 1.79. The van der Waals surface area contributed by atoms with Crippen molar-refractivity contribution in [3.63, 3.8) is 0 Å². The molecule has 0 saturated carbocycles. The fourth-order valence-corrected chi connectivity index (χ4v) is 2.25. The van der Waals surface area contributed by atoms with Crippen molar-refractivity contribution >= 4 is 11.6 Å². The highest BCUT2D eigenvalue weighted by atomic mass is 16.2. The predicted molar refractivity (Wildman–Crippen MR) is 65.5 cm³/mol. The quantitative estimate of drug-likeness (QED) is 0.779. The molecular weight excluding hydrogens is 200 g/mol. The van der Waals surface area contributed by atoms with Gasteiger partial charge in [-0.3, -0.25) is 10.1 Å². The van der Waals surface area contributed by atoms with Crippen LogP contribution in [0.2, 0.25) is 0 Å². The number of hydrogen-bond acceptors (Lipinski definition) is 2. The minimum atomic E-state index is -0.479. The first-order chi connectivity index (χ1) is 7.50. The minimum Gasteiger partial charge on any atom is -0.309 e. The van der Waals surface area contributed by atoms with Crippen LogP contribution in [0.4, 0.5) is 5.69 Å². The lowest BCUT2D eigenvalue weighted by atomic mass is 9.97. The second-order valence-corrected chi connectivity index (χ2v) is 4.92. The summed E-state index contributed by atoms with van der Waals surface area (Å²) in [6.07, 6.45) is 0. The molecule has 1 fully saturated rings. The van der Waals surface area contributed by atoms with E-state index in [0.717, 1.165) is 12.2 Å². The van der Waals surface area contributed by atoms with E-state index in [2.05, 4.69) is 12.2 Å². The van der Waals surface area contributed by atoms with Crippen molar-refractivity contribution in [2.45, 2.75) is 32.4 Å². The van der Waals surface area contributed by atoms with Crippen LogP contribution >= 0.6 is 0 Å². The van der Waals surface area contributed by atoms with E-state index in [-0.39, 0.29) is 5.91 Å². The summed E-state index contributed by atoms with van der Waals surface area (Å²) in [7, 11) is 0. The molecule has 3 nitrogen and oxygen atoms in total. The SMILES string of the molecule is C[C@H]1CN(c2ccccc2)C(=O)C(C)(C)N1. The summed E-state index contributed by atoms with van der Waals surface area (Å²) in [5, 5.41) is 3.31. The number of para-hydroxylation sites is 1. The Bertz CT molecular complexity index is 386. The standard InChI is InChI=1S/C13H18N2O/c1-10-9-15(11-7-5-4-6-8-11)12(16)13(2,3)14-10/h4-8,10,14H,9H2,1-3H3/t10-/m0/s1. The topological polar surface area (TPSA) is 32.3 Å². The first-order valence-corrected chi connectivity index (χ1v) is 5.65. The second kappa shape index (κ2) is 3.91. The molecule has 0 bridgehead atoms. The third-order valence-corrected chi connectivity index (χ3v) is 2.91. The summed E-state index contributed by atoms with van der Waals surface area (Å²) in [4.78, 5) is 14.1. The van der Waals surface area contributed by atoms with Gasteiger partial charge in [-0.25, -0.2) is 0 Å². The lowest BCUT2D eigenvalue weighted by Crippen LogP contribution is -2.65. The monoisotopic (exact) mass is 218 g/mol. The summed E-state index contributed by atoms with van der Waals surface area (Å²) < 4.78 is 0. The Morgan fingerprint density at radius 2 is 1.94 bits per heavy atom. The fourth-order valence-electron chi connectivity index (χ4n) is 2.25. The number of piperazine rings is 1. The van der Waals surface area contributed by atoms with Crippen LogP contribution < -0.4 is 10.2 Å². The van der Waals surface area contributed by atoms with Crippen LogP contribution in [0.1, 0.15) is 20.8 Å². The molecule has 3 heteroatoms. The van der Waals surface area contributed by atoms with Gasteiger partial charge in [-0.2, -0.15) is 0 Å². The number of carbonyl (C=O) groups excluding carboxylic acids is 1. The van der Waals surface area contributed by atoms with Crippen LogP contribution in [-0.2, 0) is 4.79 Å². The molecular formula is C13H18N2O. The van der Waals surface area contributed by atoms with Gasteiger partial charge >= 0.3 is 0 Å². The molecule has 1 N–H and O–H groups in total. The minimum absolute atomic E-state index is 0.136. The molecule has 0 aliphatic carbocycles. The zero-order chi connectivity index (χ0) is 11.8. The van der Waals surface area contributed by atoms with Crippen LogP contribution in [0.15, 0.2) is 30.3 Å². The molecule has 1 atom stereocenters. The van der Waals surface area contributed by atoms with Crippen molar-refractivity contribution in [1.82, 2.24) is 5.32 Å². The number of hydrogen-bond donors (Lipinski definition) is 1. The maximum Gasteiger partial charge on any atom is 0.246 e. The van der Waals surface area contributed by atoms with Crippen molar-refractivity contribution in [3.05, 3.63) is 30.3 Å². The van der Waals surface area contributed by atoms with Crippen LogP contribution in [0.5, 0.6) is 0 Å². The molecule has 1 amide bonds. The van der Waals surface area contributed by atoms with Gasteiger partial charge in [0.1, 0.15) is 0 Å². The molecule has 1 aromatic rings. The average molecular weight is 218 g/mol. The number of anilines is 1. The highest BCUT2D eigenvalue weighted by molar-refractivity contribution is 6.00. The summed E-state index contributed by atoms with van der Waals surface area (Å²) in [6.45, 7) is 6.69. The van der Waals surface area contributed by atoms with Crippen molar-refractivity contribution in [1.29, 1.82) is 0 Å². The number of benzene rings is 1. The van der Waals surface area contributed by atoms with E-state index in [1.165, 1.54) is 0 Å². The molecule has 2 rings (SSSR count). The van der Waals surface area contributed by atoms with E-state index in [4.69, 9.17) is 0 Å². The molecule has 1 aromatic carbocycles. The molecule has 0 spiro atoms. The third kappa shape index (κ3) is 1.95. The molecule has 1 saturated heterocycles. The van der Waals surface area contributed by atoms with E-state index >= 15 is 0 Å². The van der Waals surface area contributed by atoms with E-state index in [9.17, 15) is 4.79 Å². The lowest BCUT2D eigenvalue weighted by Gasteiger charge is -2.41. The fraction of sp³-hybridized carbons (Fsp3) is 0.462. The van der Waals surface area contributed by atoms with Gasteiger partial charge in [-0.05, 0) is 32.9 Å². The van der Waals surface area contributed by atoms with Gasteiger partial charge in [0.25, 0.3) is 0 Å². The number of rotatable bonds is 1. The maximum absolute atomic E-state index is 12.3. The van der Waals surface area contributed by atoms with Crippen LogP contribution in [-0.4, -0.2) is 24.0 Å². The largest absolute Gasteiger partial charge is 0.309 e. The first-order valence-electron chi connectivity index (χ1n) is 5.65. The number of amides is 1. The first kappa shape index (κ1) is 11.1. The molecule has 16 heavy (non-hydrogen) atoms. The smallest absolute Gasteiger partial charge is 0.246 e. The number of nitrogens with one attached hydrogen (secondary N) is 1. The number of carbonyl (C=O) groups is 1. The van der Waals surface area contributed by atoms with Gasteiger partial charge in [-0.15, -0.1) is 0 Å². The summed E-state index contributed by atoms with van der Waals surface area (Å²) in [6, 6.07) is 10.2. The third-order valence-electron chi connectivity index (χ3n) is 2.91. The Labute approximate surface area is 96.5 Å². The van der Waals surface area contributed by atoms with Crippen molar-refractivity contribution in [3.8, 4) is 0 Å². The summed E-state index contributed by atoms with van der Waals surface area (Å²) in [5.74, 6) is 0.136. The van der Waals surface area contributed by atoms with E-state index in [0.29, 0.717) is 6.04 Å². The highest BCUT2D eigenvalue weighted by Gasteiger charge is 2.38. The van der Waals surface area contributed by atoms with Gasteiger partial charge in [-0.1, -0.05) is 18.2 Å². The summed E-state index contributed by atoms with van der Waals surface area (Å²) >= 11 is 0. The van der Waals surface area contributed by atoms with Gasteiger partial charge in [0.05, 0.1) is 5.54 Å². The normalized spacial score (nSPS) is 24.6. The van der Waals surface area contributed by atoms with E-state index in [1.807, 2.05) is 49.1 Å². The van der Waals surface area contributed by atoms with E-state index < -0.39 is 5.54 Å². The van der Waals surface area contributed by atoms with Gasteiger partial charge in [0.15, 0.2) is 0 Å². The van der Waals surface area contributed by atoms with Gasteiger partial charge in [0.2, 0.25) is 5.91 Å². The van der Waals surface area contributed by atoms with Crippen molar-refractivity contribution < 1.29 is 4.79 Å².